The van der Waals surface area contributed by atoms with Gasteiger partial charge in [-0.15, -0.1) is 0 Å². The van der Waals surface area contributed by atoms with Crippen molar-refractivity contribution in [2.45, 2.75) is 18.3 Å². The third-order valence-corrected chi connectivity index (χ3v) is 4.63. The van der Waals surface area contributed by atoms with Gasteiger partial charge in [-0.05, 0) is 48.2 Å². The molecule has 1 N–H and O–H groups in total. The number of likely N-dealkylation sites (tertiary alicyclic amines) is 1. The average molecular weight is 345 g/mol. The van der Waals surface area contributed by atoms with Crippen LogP contribution in [0.3, 0.4) is 0 Å². The normalized spacial score (nSPS) is 16.7. The van der Waals surface area contributed by atoms with Gasteiger partial charge in [0.1, 0.15) is 18.2 Å². The lowest BCUT2D eigenvalue weighted by molar-refractivity contribution is -0.148. The quantitative estimate of drug-likeness (QED) is 0.927. The van der Waals surface area contributed by atoms with Crippen molar-refractivity contribution in [2.24, 2.45) is 0 Å². The second-order valence-electron chi connectivity index (χ2n) is 6.14. The Morgan fingerprint density at radius 3 is 1.92 bits per heavy atom. The van der Waals surface area contributed by atoms with E-state index in [4.69, 9.17) is 5.11 Å². The summed E-state index contributed by atoms with van der Waals surface area (Å²) < 4.78 is 26.7. The molecule has 0 atom stereocenters. The van der Waals surface area contributed by atoms with Gasteiger partial charge in [0.25, 0.3) is 0 Å². The highest BCUT2D eigenvalue weighted by Crippen LogP contribution is 2.41. The van der Waals surface area contributed by atoms with Crippen molar-refractivity contribution in [1.82, 2.24) is 4.90 Å². The molecule has 0 unspecified atom stereocenters. The molecule has 6 heteroatoms. The zero-order chi connectivity index (χ0) is 18.0. The van der Waals surface area contributed by atoms with Crippen LogP contribution in [0.1, 0.15) is 24.0 Å². The lowest BCUT2D eigenvalue weighted by Crippen LogP contribution is -2.53. The Labute approximate surface area is 143 Å². The predicted octanol–water partition coefficient (Wildman–Crippen LogP) is 2.96. The summed E-state index contributed by atoms with van der Waals surface area (Å²) in [6.07, 6.45) is 1.03. The molecule has 25 heavy (non-hydrogen) atoms. The number of benzene rings is 2. The van der Waals surface area contributed by atoms with Crippen LogP contribution in [0, 0.1) is 11.6 Å². The number of piperidine rings is 1. The molecule has 1 aliphatic rings. The van der Waals surface area contributed by atoms with Crippen molar-refractivity contribution < 1.29 is 23.5 Å². The maximum atomic E-state index is 13.4. The fourth-order valence-corrected chi connectivity index (χ4v) is 3.50. The Bertz CT molecular complexity index is 742. The fourth-order valence-electron chi connectivity index (χ4n) is 3.50. The second-order valence-corrected chi connectivity index (χ2v) is 6.14. The van der Waals surface area contributed by atoms with Crippen molar-refractivity contribution >= 4 is 11.9 Å². The Morgan fingerprint density at radius 2 is 1.48 bits per heavy atom. The number of carbonyl (C=O) groups excluding carboxylic acids is 1. The Hall–Kier alpha value is -2.76. The lowest BCUT2D eigenvalue weighted by Gasteiger charge is -2.42. The predicted molar refractivity (Wildman–Crippen MR) is 87.0 cm³/mol. The third kappa shape index (κ3) is 3.12. The molecular formula is C19H17F2NO3. The van der Waals surface area contributed by atoms with E-state index in [9.17, 15) is 18.4 Å². The maximum absolute atomic E-state index is 13.4. The number of hydrogen-bond donors (Lipinski definition) is 1. The molecule has 130 valence electrons. The smallest absolute Gasteiger partial charge is 0.323 e. The van der Waals surface area contributed by atoms with E-state index in [2.05, 4.69) is 0 Å². The van der Waals surface area contributed by atoms with Gasteiger partial charge in [0.2, 0.25) is 5.91 Å². The highest BCUT2D eigenvalue weighted by Gasteiger charge is 2.47. The van der Waals surface area contributed by atoms with Crippen LogP contribution in [0.2, 0.25) is 0 Å². The standard InChI is InChI=1S/C19H17F2NO3/c20-15-6-2-13(3-7-15)19(14-4-8-16(21)9-5-14)10-1-11-22(18(19)25)12-17(23)24/h2-9H,1,10-12H2,(H,23,24). The summed E-state index contributed by atoms with van der Waals surface area (Å²) in [6.45, 7) is -0.0573. The van der Waals surface area contributed by atoms with Crippen LogP contribution in [0.15, 0.2) is 48.5 Å². The molecular weight excluding hydrogens is 328 g/mol. The maximum Gasteiger partial charge on any atom is 0.323 e. The number of carboxylic acids is 1. The molecule has 0 bridgehead atoms. The summed E-state index contributed by atoms with van der Waals surface area (Å²) in [5.41, 5.74) is -0.00376. The summed E-state index contributed by atoms with van der Waals surface area (Å²) >= 11 is 0. The Balaban J connectivity index is 2.14. The van der Waals surface area contributed by atoms with E-state index < -0.39 is 29.6 Å². The minimum absolute atomic E-state index is 0.343. The van der Waals surface area contributed by atoms with Crippen LogP contribution in [0.5, 0.6) is 0 Å². The number of rotatable bonds is 4. The molecule has 4 nitrogen and oxygen atoms in total. The van der Waals surface area contributed by atoms with Gasteiger partial charge >= 0.3 is 5.97 Å². The first kappa shape index (κ1) is 17.1. The third-order valence-electron chi connectivity index (χ3n) is 4.63. The number of aliphatic carboxylic acids is 1. The van der Waals surface area contributed by atoms with Crippen LogP contribution < -0.4 is 0 Å². The van der Waals surface area contributed by atoms with Gasteiger partial charge in [-0.3, -0.25) is 9.59 Å². The molecule has 3 rings (SSSR count). The fraction of sp³-hybridized carbons (Fsp3) is 0.263. The van der Waals surface area contributed by atoms with Crippen molar-refractivity contribution in [1.29, 1.82) is 0 Å². The minimum atomic E-state index is -1.14. The minimum Gasteiger partial charge on any atom is -0.480 e. The summed E-state index contributed by atoms with van der Waals surface area (Å²) in [5.74, 6) is -2.31. The van der Waals surface area contributed by atoms with Crippen molar-refractivity contribution in [2.75, 3.05) is 13.1 Å². The first-order chi connectivity index (χ1) is 11.9. The molecule has 0 aliphatic carbocycles. The largest absolute Gasteiger partial charge is 0.480 e. The molecule has 1 heterocycles. The van der Waals surface area contributed by atoms with Crippen LogP contribution in [-0.2, 0) is 15.0 Å². The molecule has 1 fully saturated rings. The average Bonchev–Trinajstić information content (AvgIpc) is 2.58. The van der Waals surface area contributed by atoms with Crippen LogP contribution >= 0.6 is 0 Å². The SMILES string of the molecule is O=C(O)CN1CCCC(c2ccc(F)cc2)(c2ccc(F)cc2)C1=O. The molecule has 2 aromatic rings. The Morgan fingerprint density at radius 1 is 1.00 bits per heavy atom. The van der Waals surface area contributed by atoms with Gasteiger partial charge < -0.3 is 10.0 Å². The summed E-state index contributed by atoms with van der Waals surface area (Å²) in [5, 5.41) is 9.07. The van der Waals surface area contributed by atoms with Crippen LogP contribution in [-0.4, -0.2) is 35.0 Å². The van der Waals surface area contributed by atoms with E-state index in [1.54, 1.807) is 0 Å². The highest BCUT2D eigenvalue weighted by molar-refractivity contribution is 5.94. The van der Waals surface area contributed by atoms with Gasteiger partial charge in [0.05, 0.1) is 5.41 Å². The molecule has 0 radical (unpaired) electrons. The molecule has 1 saturated heterocycles. The number of carboxylic acid groups (broad SMARTS) is 1. The first-order valence-electron chi connectivity index (χ1n) is 7.97. The van der Waals surface area contributed by atoms with Crippen molar-refractivity contribution in [3.05, 3.63) is 71.3 Å². The van der Waals surface area contributed by atoms with Gasteiger partial charge in [-0.2, -0.15) is 0 Å². The van der Waals surface area contributed by atoms with E-state index in [0.29, 0.717) is 30.5 Å². The summed E-state index contributed by atoms with van der Waals surface area (Å²) in [4.78, 5) is 25.6. The number of halogens is 2. The first-order valence-corrected chi connectivity index (χ1v) is 7.97. The van der Waals surface area contributed by atoms with Crippen molar-refractivity contribution in [3.63, 3.8) is 0 Å². The molecule has 1 amide bonds. The highest BCUT2D eigenvalue weighted by atomic mass is 19.1. The van der Waals surface area contributed by atoms with E-state index >= 15 is 0 Å². The summed E-state index contributed by atoms with van der Waals surface area (Å²) in [6, 6.07) is 11.2. The number of amides is 1. The van der Waals surface area contributed by atoms with Crippen molar-refractivity contribution in [3.8, 4) is 0 Å². The lowest BCUT2D eigenvalue weighted by atomic mass is 9.68. The van der Waals surface area contributed by atoms with Crippen LogP contribution in [0.4, 0.5) is 8.78 Å². The van der Waals surface area contributed by atoms with E-state index in [1.165, 1.54) is 53.4 Å². The monoisotopic (exact) mass is 345 g/mol. The zero-order valence-corrected chi connectivity index (χ0v) is 13.4. The molecule has 1 aliphatic heterocycles. The summed E-state index contributed by atoms with van der Waals surface area (Å²) in [7, 11) is 0. The Kier molecular flexibility index (Phi) is 4.53. The molecule has 0 saturated carbocycles. The topological polar surface area (TPSA) is 57.6 Å². The second kappa shape index (κ2) is 6.63. The van der Waals surface area contributed by atoms with E-state index in [1.807, 2.05) is 0 Å². The molecule has 0 spiro atoms. The van der Waals surface area contributed by atoms with Gasteiger partial charge in [0, 0.05) is 6.54 Å². The number of nitrogens with zero attached hydrogens (tertiary/aromatic N) is 1. The number of carbonyl (C=O) groups is 2. The van der Waals surface area contributed by atoms with Crippen LogP contribution in [0.25, 0.3) is 0 Å². The zero-order valence-electron chi connectivity index (χ0n) is 13.4. The van der Waals surface area contributed by atoms with Gasteiger partial charge in [0.15, 0.2) is 0 Å². The van der Waals surface area contributed by atoms with E-state index in [0.717, 1.165) is 0 Å². The number of hydrogen-bond acceptors (Lipinski definition) is 2. The molecule has 2 aromatic carbocycles. The van der Waals surface area contributed by atoms with Gasteiger partial charge in [-0.25, -0.2) is 8.78 Å². The van der Waals surface area contributed by atoms with Gasteiger partial charge in [-0.1, -0.05) is 24.3 Å². The molecule has 0 aromatic heterocycles. The van der Waals surface area contributed by atoms with E-state index in [-0.39, 0.29) is 5.91 Å².